The van der Waals surface area contributed by atoms with Crippen molar-refractivity contribution in [2.24, 2.45) is 0 Å². The standard InChI is InChI=1S/C8H8FO.ClH.Mg/c1-6-5-7(9)3-4-8(6)10-2;;/h3-5H,1H2,2H3;1H;/q;;+1/p-1. The van der Waals surface area contributed by atoms with Gasteiger partial charge in [0.1, 0.15) is 11.6 Å². The van der Waals surface area contributed by atoms with Crippen LogP contribution in [0.2, 0.25) is 0 Å². The van der Waals surface area contributed by atoms with Crippen molar-refractivity contribution in [2.75, 3.05) is 7.11 Å². The number of hydrogen-bond donors (Lipinski definition) is 0. The van der Waals surface area contributed by atoms with Crippen molar-refractivity contribution in [2.45, 2.75) is 4.55 Å². The number of benzene rings is 1. The molecule has 0 saturated heterocycles. The number of hydrogen-bond acceptors (Lipinski definition) is 1. The van der Waals surface area contributed by atoms with Crippen LogP contribution >= 0.6 is 9.07 Å². The molecule has 0 aliphatic heterocycles. The molecule has 1 rings (SSSR count). The van der Waals surface area contributed by atoms with Gasteiger partial charge in [0.2, 0.25) is 0 Å². The molecule has 0 aliphatic carbocycles. The van der Waals surface area contributed by atoms with Crippen LogP contribution in [-0.2, 0) is 4.55 Å². The number of ether oxygens (including phenoxy) is 1. The fraction of sp³-hybridized carbons (Fsp3) is 0.250. The van der Waals surface area contributed by atoms with Gasteiger partial charge in [-0.3, -0.25) is 0 Å². The molecule has 1 aromatic carbocycles. The predicted octanol–water partition coefficient (Wildman–Crippen LogP) is 2.19. The molecular formula is C8H8ClFMgO. The number of rotatable bonds is 3. The van der Waals surface area contributed by atoms with E-state index >= 15 is 0 Å². The van der Waals surface area contributed by atoms with Crippen molar-refractivity contribution in [1.82, 2.24) is 0 Å². The van der Waals surface area contributed by atoms with E-state index in [-0.39, 0.29) is 5.82 Å². The van der Waals surface area contributed by atoms with Crippen LogP contribution in [0.25, 0.3) is 0 Å². The first-order valence-electron chi connectivity index (χ1n) is 3.66. The Bertz CT molecular complexity index is 267. The van der Waals surface area contributed by atoms with Gasteiger partial charge >= 0.3 is 19.3 Å². The summed E-state index contributed by atoms with van der Waals surface area (Å²) in [6, 6.07) is 4.50. The largest absolute Gasteiger partial charge is 0.505 e. The lowest BCUT2D eigenvalue weighted by Gasteiger charge is -2.06. The van der Waals surface area contributed by atoms with Gasteiger partial charge in [-0.2, -0.15) is 0 Å². The van der Waals surface area contributed by atoms with Gasteiger partial charge in [-0.15, -0.1) is 0 Å². The first-order valence-corrected chi connectivity index (χ1v) is 6.80. The van der Waals surface area contributed by atoms with E-state index in [0.29, 0.717) is 0 Å². The highest BCUT2D eigenvalue weighted by molar-refractivity contribution is 6.93. The van der Waals surface area contributed by atoms with E-state index in [4.69, 9.17) is 13.8 Å². The topological polar surface area (TPSA) is 9.23 Å². The second-order valence-electron chi connectivity index (χ2n) is 2.40. The monoisotopic (exact) mass is 198 g/mol. The van der Waals surface area contributed by atoms with Crippen LogP contribution in [-0.4, -0.2) is 26.4 Å². The smallest absolute Gasteiger partial charge is 0.497 e. The molecule has 0 bridgehead atoms. The first-order chi connectivity index (χ1) is 5.77. The molecule has 0 saturated carbocycles. The summed E-state index contributed by atoms with van der Waals surface area (Å²) in [5.74, 6) is 0.495. The highest BCUT2D eigenvalue weighted by Gasteiger charge is 2.04. The average molecular weight is 199 g/mol. The van der Waals surface area contributed by atoms with E-state index < -0.39 is 19.3 Å². The Hall–Kier alpha value is 0.00623. The van der Waals surface area contributed by atoms with Gasteiger partial charge in [0.05, 0.1) is 7.11 Å². The molecule has 1 nitrogen and oxygen atoms in total. The Morgan fingerprint density at radius 3 is 2.92 bits per heavy atom. The Labute approximate surface area is 84.4 Å². The highest BCUT2D eigenvalue weighted by atomic mass is 35.5. The van der Waals surface area contributed by atoms with Gasteiger partial charge in [-0.25, -0.2) is 4.39 Å². The second-order valence-corrected chi connectivity index (χ2v) is 4.41. The Morgan fingerprint density at radius 1 is 1.58 bits per heavy atom. The van der Waals surface area contributed by atoms with Crippen molar-refractivity contribution in [3.8, 4) is 5.75 Å². The van der Waals surface area contributed by atoms with E-state index in [9.17, 15) is 4.39 Å². The normalized spacial score (nSPS) is 9.25. The summed E-state index contributed by atoms with van der Waals surface area (Å²) in [5, 5.41) is 0. The molecule has 0 aliphatic rings. The molecule has 0 heterocycles. The van der Waals surface area contributed by atoms with Crippen LogP contribution in [0.3, 0.4) is 0 Å². The molecule has 0 atom stereocenters. The second kappa shape index (κ2) is 4.89. The first kappa shape index (κ1) is 10.1. The molecule has 0 radical (unpaired) electrons. The highest BCUT2D eigenvalue weighted by Crippen LogP contribution is 2.19. The summed E-state index contributed by atoms with van der Waals surface area (Å²) in [4.78, 5) is 0. The Morgan fingerprint density at radius 2 is 2.33 bits per heavy atom. The molecule has 0 spiro atoms. The minimum Gasteiger partial charge on any atom is -0.497 e. The van der Waals surface area contributed by atoms with Gasteiger partial charge in [-0.1, -0.05) is 4.55 Å². The van der Waals surface area contributed by atoms with Crippen LogP contribution in [0.4, 0.5) is 4.39 Å². The number of methoxy groups -OCH3 is 1. The van der Waals surface area contributed by atoms with Gasteiger partial charge in [-0.05, 0) is 23.8 Å². The minimum absolute atomic E-state index is 0.232. The fourth-order valence-electron chi connectivity index (χ4n) is 1.04. The van der Waals surface area contributed by atoms with E-state index in [1.54, 1.807) is 13.2 Å². The maximum atomic E-state index is 12.7. The van der Waals surface area contributed by atoms with Crippen molar-refractivity contribution in [3.63, 3.8) is 0 Å². The Kier molecular flexibility index (Phi) is 4.11. The van der Waals surface area contributed by atoms with Gasteiger partial charge in [0, 0.05) is 0 Å². The van der Waals surface area contributed by atoms with Crippen molar-refractivity contribution in [3.05, 3.63) is 29.6 Å². The quantitative estimate of drug-likeness (QED) is 0.677. The average Bonchev–Trinajstić information content (AvgIpc) is 2.05. The molecule has 0 N–H and O–H groups in total. The van der Waals surface area contributed by atoms with E-state index in [1.807, 2.05) is 0 Å². The van der Waals surface area contributed by atoms with Gasteiger partial charge < -0.3 is 13.8 Å². The van der Waals surface area contributed by atoms with E-state index in [1.165, 1.54) is 12.1 Å². The lowest BCUT2D eigenvalue weighted by Crippen LogP contribution is -1.95. The fourth-order valence-corrected chi connectivity index (χ4v) is 2.25. The molecule has 0 unspecified atom stereocenters. The molecule has 0 amide bonds. The van der Waals surface area contributed by atoms with Gasteiger partial charge in [0.15, 0.2) is 0 Å². The van der Waals surface area contributed by atoms with Gasteiger partial charge in [0.25, 0.3) is 0 Å². The lowest BCUT2D eigenvalue weighted by molar-refractivity contribution is 0.410. The molecule has 0 aromatic heterocycles. The molecule has 12 heavy (non-hydrogen) atoms. The van der Waals surface area contributed by atoms with Crippen molar-refractivity contribution < 1.29 is 9.13 Å². The summed E-state index contributed by atoms with van der Waals surface area (Å²) in [7, 11) is 7.25. The van der Waals surface area contributed by atoms with Crippen LogP contribution in [0, 0.1) is 5.82 Å². The van der Waals surface area contributed by atoms with E-state index in [0.717, 1.165) is 15.9 Å². The zero-order valence-electron chi connectivity index (χ0n) is 6.81. The summed E-state index contributed by atoms with van der Waals surface area (Å²) in [6.45, 7) is 0. The third-order valence-corrected chi connectivity index (χ3v) is 2.90. The summed E-state index contributed by atoms with van der Waals surface area (Å²) in [6.07, 6.45) is 0. The summed E-state index contributed by atoms with van der Waals surface area (Å²) < 4.78 is 18.5. The Balaban J connectivity index is 2.95. The maximum Gasteiger partial charge on any atom is 0.505 e. The summed E-state index contributed by atoms with van der Waals surface area (Å²) >= 11 is -0.605. The molecular weight excluding hydrogens is 191 g/mol. The minimum atomic E-state index is -0.605. The molecule has 0 fully saturated rings. The lowest BCUT2D eigenvalue weighted by atomic mass is 10.2. The molecule has 4 heteroatoms. The zero-order chi connectivity index (χ0) is 8.97. The predicted molar refractivity (Wildman–Crippen MR) is 48.3 cm³/mol. The van der Waals surface area contributed by atoms with E-state index in [2.05, 4.69) is 0 Å². The van der Waals surface area contributed by atoms with Crippen molar-refractivity contribution >= 4 is 28.3 Å². The summed E-state index contributed by atoms with van der Waals surface area (Å²) in [5.41, 5.74) is 0.874. The molecule has 1 aromatic rings. The zero-order valence-corrected chi connectivity index (χ0v) is 8.98. The van der Waals surface area contributed by atoms with Crippen LogP contribution in [0.1, 0.15) is 5.56 Å². The van der Waals surface area contributed by atoms with Crippen LogP contribution in [0.15, 0.2) is 18.2 Å². The third-order valence-electron chi connectivity index (χ3n) is 1.61. The number of halogens is 2. The SMILES string of the molecule is COc1ccc(F)cc1[CH2][Mg][Cl]. The third kappa shape index (κ3) is 2.50. The van der Waals surface area contributed by atoms with Crippen LogP contribution < -0.4 is 4.74 Å². The molecule has 62 valence electrons. The van der Waals surface area contributed by atoms with Crippen molar-refractivity contribution in [1.29, 1.82) is 0 Å². The maximum absolute atomic E-state index is 12.7. The van der Waals surface area contributed by atoms with Crippen LogP contribution in [0.5, 0.6) is 5.75 Å².